The zero-order chi connectivity index (χ0) is 19.6. The largest absolute Gasteiger partial charge is 0.451 e. The maximum absolute atomic E-state index is 12.7. The second kappa shape index (κ2) is 6.28. The van der Waals surface area contributed by atoms with Crippen LogP contribution in [0.1, 0.15) is 72.6 Å². The van der Waals surface area contributed by atoms with Crippen LogP contribution in [0.3, 0.4) is 0 Å². The second-order valence-electron chi connectivity index (χ2n) is 9.80. The van der Waals surface area contributed by atoms with Crippen LogP contribution in [0.15, 0.2) is 11.6 Å². The van der Waals surface area contributed by atoms with Crippen LogP contribution in [0, 0.1) is 35.0 Å². The summed E-state index contributed by atoms with van der Waals surface area (Å²) < 4.78 is 5.82. The Bertz CT molecular complexity index is 722. The van der Waals surface area contributed by atoms with E-state index in [9.17, 15) is 14.4 Å². The van der Waals surface area contributed by atoms with Crippen molar-refractivity contribution < 1.29 is 19.1 Å². The highest BCUT2D eigenvalue weighted by Crippen LogP contribution is 2.66. The minimum atomic E-state index is -0.948. The fourth-order valence-electron chi connectivity index (χ4n) is 7.56. The van der Waals surface area contributed by atoms with Crippen LogP contribution in [-0.2, 0) is 19.1 Å². The van der Waals surface area contributed by atoms with Gasteiger partial charge >= 0.3 is 5.97 Å². The molecule has 0 saturated heterocycles. The second-order valence-corrected chi connectivity index (χ2v) is 9.80. The van der Waals surface area contributed by atoms with Gasteiger partial charge in [0.1, 0.15) is 0 Å². The third kappa shape index (κ3) is 2.58. The minimum absolute atomic E-state index is 0.00820. The molecule has 0 aromatic carbocycles. The first kappa shape index (κ1) is 18.9. The normalized spacial score (nSPS) is 46.0. The topological polar surface area (TPSA) is 60.4 Å². The molecule has 7 unspecified atom stereocenters. The van der Waals surface area contributed by atoms with Gasteiger partial charge in [-0.25, -0.2) is 0 Å². The molecule has 3 saturated carbocycles. The third-order valence-corrected chi connectivity index (χ3v) is 8.67. The number of carbonyl (C=O) groups is 3. The van der Waals surface area contributed by atoms with Crippen LogP contribution in [0.4, 0.5) is 0 Å². The number of rotatable bonds is 2. The smallest absolute Gasteiger partial charge is 0.303 e. The maximum atomic E-state index is 12.7. The quantitative estimate of drug-likeness (QED) is 0.679. The van der Waals surface area contributed by atoms with Crippen LogP contribution in [0.2, 0.25) is 0 Å². The Balaban J connectivity index is 1.69. The number of hydrogen-bond acceptors (Lipinski definition) is 4. The Labute approximate surface area is 162 Å². The molecule has 27 heavy (non-hydrogen) atoms. The van der Waals surface area contributed by atoms with Crippen LogP contribution in [0.25, 0.3) is 0 Å². The number of esters is 1. The molecule has 0 aromatic heterocycles. The Morgan fingerprint density at radius 2 is 1.85 bits per heavy atom. The van der Waals surface area contributed by atoms with Crippen molar-refractivity contribution in [3.63, 3.8) is 0 Å². The number of hydrogen-bond donors (Lipinski definition) is 0. The molecule has 3 fully saturated rings. The molecule has 4 aliphatic rings. The molecular weight excluding hydrogens is 340 g/mol. The average molecular weight is 373 g/mol. The predicted molar refractivity (Wildman–Crippen MR) is 102 cm³/mol. The van der Waals surface area contributed by atoms with Crippen molar-refractivity contribution in [2.75, 3.05) is 0 Å². The highest BCUT2D eigenvalue weighted by atomic mass is 16.6. The summed E-state index contributed by atoms with van der Waals surface area (Å²) in [6.07, 6.45) is 8.31. The summed E-state index contributed by atoms with van der Waals surface area (Å²) in [5.74, 6) is 2.51. The minimum Gasteiger partial charge on any atom is -0.451 e. The van der Waals surface area contributed by atoms with Crippen molar-refractivity contribution in [3.05, 3.63) is 11.6 Å². The maximum Gasteiger partial charge on any atom is 0.303 e. The lowest BCUT2D eigenvalue weighted by molar-refractivity contribution is -0.186. The van der Waals surface area contributed by atoms with Crippen LogP contribution < -0.4 is 0 Å². The SMILES string of the molecule is CC(=O)OC1(C(C)=O)CCC2C3CC(C)C4=CC(=O)CCC4C3CCC21C. The van der Waals surface area contributed by atoms with Gasteiger partial charge in [0.25, 0.3) is 0 Å². The van der Waals surface area contributed by atoms with E-state index in [0.29, 0.717) is 48.2 Å². The van der Waals surface area contributed by atoms with E-state index >= 15 is 0 Å². The van der Waals surface area contributed by atoms with Gasteiger partial charge in [0.05, 0.1) is 0 Å². The standard InChI is InChI=1S/C23H32O4/c1-13-11-20-18(17-6-5-16(26)12-19(13)17)7-9-22(4)21(20)8-10-23(22,14(2)24)27-15(3)25/h12-13,17-18,20-21H,5-11H2,1-4H3. The molecule has 7 atom stereocenters. The molecule has 0 aromatic rings. The van der Waals surface area contributed by atoms with Crippen LogP contribution in [-0.4, -0.2) is 23.1 Å². The highest BCUT2D eigenvalue weighted by Gasteiger charge is 2.67. The first-order valence-electron chi connectivity index (χ1n) is 10.6. The summed E-state index contributed by atoms with van der Waals surface area (Å²) in [6, 6.07) is 0. The van der Waals surface area contributed by atoms with Crippen LogP contribution >= 0.6 is 0 Å². The van der Waals surface area contributed by atoms with Crippen molar-refractivity contribution in [3.8, 4) is 0 Å². The van der Waals surface area contributed by atoms with Crippen molar-refractivity contribution >= 4 is 17.5 Å². The highest BCUT2D eigenvalue weighted by molar-refractivity contribution is 5.91. The summed E-state index contributed by atoms with van der Waals surface area (Å²) in [7, 11) is 0. The Morgan fingerprint density at radius 1 is 1.11 bits per heavy atom. The van der Waals surface area contributed by atoms with E-state index in [1.807, 2.05) is 6.08 Å². The van der Waals surface area contributed by atoms with Gasteiger partial charge in [-0.1, -0.05) is 19.4 Å². The fraction of sp³-hybridized carbons (Fsp3) is 0.783. The molecule has 0 N–H and O–H groups in total. The monoisotopic (exact) mass is 372 g/mol. The molecular formula is C23H32O4. The van der Waals surface area contributed by atoms with Gasteiger partial charge in [0.15, 0.2) is 17.2 Å². The molecule has 148 valence electrons. The van der Waals surface area contributed by atoms with Gasteiger partial charge in [0.2, 0.25) is 0 Å². The molecule has 4 nitrogen and oxygen atoms in total. The lowest BCUT2D eigenvalue weighted by Gasteiger charge is -2.56. The van der Waals surface area contributed by atoms with Crippen molar-refractivity contribution in [1.29, 1.82) is 0 Å². The van der Waals surface area contributed by atoms with E-state index in [-0.39, 0.29) is 17.2 Å². The van der Waals surface area contributed by atoms with E-state index in [1.165, 1.54) is 12.5 Å². The lowest BCUT2D eigenvalue weighted by atomic mass is 9.49. The number of allylic oxidation sites excluding steroid dienone is 1. The van der Waals surface area contributed by atoms with E-state index in [4.69, 9.17) is 4.74 Å². The molecule has 4 aliphatic carbocycles. The molecule has 0 amide bonds. The van der Waals surface area contributed by atoms with E-state index in [0.717, 1.165) is 32.1 Å². The first-order valence-corrected chi connectivity index (χ1v) is 10.6. The van der Waals surface area contributed by atoms with E-state index < -0.39 is 5.60 Å². The van der Waals surface area contributed by atoms with E-state index in [2.05, 4.69) is 13.8 Å². The molecule has 4 rings (SSSR count). The van der Waals surface area contributed by atoms with E-state index in [1.54, 1.807) is 6.92 Å². The van der Waals surface area contributed by atoms with Crippen molar-refractivity contribution in [1.82, 2.24) is 0 Å². The van der Waals surface area contributed by atoms with Gasteiger partial charge in [-0.2, -0.15) is 0 Å². The van der Waals surface area contributed by atoms with Crippen LogP contribution in [0.5, 0.6) is 0 Å². The third-order valence-electron chi connectivity index (χ3n) is 8.67. The first-order chi connectivity index (χ1) is 12.7. The number of carbonyl (C=O) groups excluding carboxylic acids is 3. The summed E-state index contributed by atoms with van der Waals surface area (Å²) in [5, 5.41) is 0. The number of fused-ring (bicyclic) bond motifs is 5. The number of ether oxygens (including phenoxy) is 1. The molecule has 0 heterocycles. The number of Topliss-reactive ketones (excluding diaryl/α,β-unsaturated/α-hetero) is 1. The van der Waals surface area contributed by atoms with Gasteiger partial charge in [0, 0.05) is 18.8 Å². The molecule has 0 aliphatic heterocycles. The van der Waals surface area contributed by atoms with Crippen molar-refractivity contribution in [2.45, 2.75) is 78.2 Å². The van der Waals surface area contributed by atoms with Gasteiger partial charge in [-0.15, -0.1) is 0 Å². The van der Waals surface area contributed by atoms with Gasteiger partial charge < -0.3 is 4.74 Å². The van der Waals surface area contributed by atoms with Crippen molar-refractivity contribution in [2.24, 2.45) is 35.0 Å². The molecule has 0 bridgehead atoms. The average Bonchev–Trinajstić information content (AvgIpc) is 2.89. The zero-order valence-electron chi connectivity index (χ0n) is 17.0. The lowest BCUT2D eigenvalue weighted by Crippen LogP contribution is -2.57. The Hall–Kier alpha value is -1.45. The Morgan fingerprint density at radius 3 is 2.52 bits per heavy atom. The molecule has 4 heteroatoms. The van der Waals surface area contributed by atoms with Gasteiger partial charge in [-0.05, 0) is 81.1 Å². The van der Waals surface area contributed by atoms with Gasteiger partial charge in [-0.3, -0.25) is 14.4 Å². The summed E-state index contributed by atoms with van der Waals surface area (Å²) in [5.41, 5.74) is 0.167. The molecule has 0 spiro atoms. The number of ketones is 2. The summed E-state index contributed by atoms with van der Waals surface area (Å²) in [6.45, 7) is 7.48. The fourth-order valence-corrected chi connectivity index (χ4v) is 7.56. The predicted octanol–water partition coefficient (Wildman–Crippen LogP) is 4.27. The zero-order valence-corrected chi connectivity index (χ0v) is 17.0. The molecule has 0 radical (unpaired) electrons. The summed E-state index contributed by atoms with van der Waals surface area (Å²) in [4.78, 5) is 36.6. The summed E-state index contributed by atoms with van der Waals surface area (Å²) >= 11 is 0. The Kier molecular flexibility index (Phi) is 4.40.